The van der Waals surface area contributed by atoms with Crippen LogP contribution in [0.5, 0.6) is 0 Å². The number of nitrogens with zero attached hydrogens (tertiary/aromatic N) is 4. The van der Waals surface area contributed by atoms with E-state index < -0.39 is 11.3 Å². The van der Waals surface area contributed by atoms with Crippen LogP contribution in [0.3, 0.4) is 0 Å². The monoisotopic (exact) mass is 419 g/mol. The molecule has 1 fully saturated rings. The maximum atomic E-state index is 13.4. The van der Waals surface area contributed by atoms with E-state index in [4.69, 9.17) is 10.4 Å². The van der Waals surface area contributed by atoms with Gasteiger partial charge in [-0.2, -0.15) is 0 Å². The van der Waals surface area contributed by atoms with Gasteiger partial charge in [0.2, 0.25) is 5.91 Å². The molecule has 1 saturated heterocycles. The van der Waals surface area contributed by atoms with Crippen molar-refractivity contribution in [3.05, 3.63) is 65.3 Å². The fourth-order valence-corrected chi connectivity index (χ4v) is 5.11. The Kier molecular flexibility index (Phi) is 5.24. The second kappa shape index (κ2) is 7.72. The highest BCUT2D eigenvalue weighted by molar-refractivity contribution is 7.15. The van der Waals surface area contributed by atoms with Gasteiger partial charge in [-0.15, -0.1) is 11.3 Å². The lowest BCUT2D eigenvalue weighted by Crippen LogP contribution is -2.52. The van der Waals surface area contributed by atoms with E-state index in [0.29, 0.717) is 18.2 Å². The first-order valence-electron chi connectivity index (χ1n) is 9.98. The van der Waals surface area contributed by atoms with E-state index in [1.165, 1.54) is 16.8 Å². The predicted molar refractivity (Wildman–Crippen MR) is 119 cm³/mol. The van der Waals surface area contributed by atoms with Gasteiger partial charge < -0.3 is 4.90 Å². The molecule has 2 aromatic heterocycles. The largest absolute Gasteiger partial charge is 0.303 e. The number of rotatable bonds is 4. The molecule has 1 N–H and O–H groups in total. The maximum absolute atomic E-state index is 13.4. The zero-order chi connectivity index (χ0) is 21.5. The number of benzene rings is 1. The lowest BCUT2D eigenvalue weighted by molar-refractivity contribution is -0.131. The van der Waals surface area contributed by atoms with Gasteiger partial charge in [-0.1, -0.05) is 45.0 Å². The molecule has 4 rings (SSSR count). The van der Waals surface area contributed by atoms with Gasteiger partial charge in [0.05, 0.1) is 10.8 Å². The highest BCUT2D eigenvalue weighted by Gasteiger charge is 2.50. The minimum absolute atomic E-state index is 0.0640. The van der Waals surface area contributed by atoms with Crippen LogP contribution in [0.4, 0.5) is 0 Å². The lowest BCUT2D eigenvalue weighted by Gasteiger charge is -2.43. The average Bonchev–Trinajstić information content (AvgIpc) is 3.24. The molecule has 0 aliphatic carbocycles. The van der Waals surface area contributed by atoms with Crippen molar-refractivity contribution in [1.29, 1.82) is 5.41 Å². The van der Waals surface area contributed by atoms with Gasteiger partial charge in [0.15, 0.2) is 0 Å². The molecule has 0 bridgehead atoms. The number of likely N-dealkylation sites (N-methyl/N-ethyl adjacent to an activating group) is 1. The molecule has 0 unspecified atom stereocenters. The average molecular weight is 420 g/mol. The van der Waals surface area contributed by atoms with Gasteiger partial charge in [0.1, 0.15) is 17.2 Å². The Balaban J connectivity index is 1.79. The minimum Gasteiger partial charge on any atom is -0.303 e. The van der Waals surface area contributed by atoms with E-state index in [2.05, 4.69) is 55.0 Å². The Morgan fingerprint density at radius 3 is 2.47 bits per heavy atom. The molecule has 6 nitrogen and oxygen atoms in total. The summed E-state index contributed by atoms with van der Waals surface area (Å²) in [7, 11) is 1.69. The smallest absolute Gasteiger partial charge is 0.236 e. The first-order chi connectivity index (χ1) is 14.3. The quantitative estimate of drug-likeness (QED) is 0.670. The van der Waals surface area contributed by atoms with Crippen molar-refractivity contribution in [2.24, 2.45) is 0 Å². The standard InChI is InChI=1S/C23H25N5OS/c1-14(2)15-5-7-16(8-6-15)20-21(29)28(4)19(24)9-23(20,3)22-27-12-18(30-22)17-10-25-13-26-11-17/h5-8,10-14,20,24H,9H2,1-4H3/t20-,23+/m1/s1. The van der Waals surface area contributed by atoms with Crippen molar-refractivity contribution >= 4 is 23.1 Å². The van der Waals surface area contributed by atoms with Gasteiger partial charge in [-0.3, -0.25) is 10.2 Å². The Hall–Kier alpha value is -2.93. The number of piperidine rings is 1. The molecule has 1 aliphatic heterocycles. The first-order valence-corrected chi connectivity index (χ1v) is 10.8. The summed E-state index contributed by atoms with van der Waals surface area (Å²) in [6.07, 6.45) is 7.28. The molecule has 30 heavy (non-hydrogen) atoms. The number of hydrogen-bond donors (Lipinski definition) is 1. The van der Waals surface area contributed by atoms with Gasteiger partial charge >= 0.3 is 0 Å². The summed E-state index contributed by atoms with van der Waals surface area (Å²) in [6.45, 7) is 6.37. The van der Waals surface area contributed by atoms with E-state index >= 15 is 0 Å². The molecule has 1 aromatic carbocycles. The SMILES string of the molecule is CC(C)c1ccc([C@@H]2C(=O)N(C)C(=N)C[C@]2(C)c2ncc(-c3cncnc3)s2)cc1. The van der Waals surface area contributed by atoms with Gasteiger partial charge in [-0.05, 0) is 17.0 Å². The molecule has 154 valence electrons. The molecule has 7 heteroatoms. The third-order valence-electron chi connectivity index (χ3n) is 5.93. The minimum atomic E-state index is -0.599. The lowest BCUT2D eigenvalue weighted by atomic mass is 9.68. The first kappa shape index (κ1) is 20.3. The van der Waals surface area contributed by atoms with E-state index in [9.17, 15) is 4.79 Å². The van der Waals surface area contributed by atoms with Crippen LogP contribution in [0.2, 0.25) is 0 Å². The Bertz CT molecular complexity index is 1080. The molecule has 0 radical (unpaired) electrons. The highest BCUT2D eigenvalue weighted by Crippen LogP contribution is 2.48. The van der Waals surface area contributed by atoms with Crippen LogP contribution in [0.1, 0.15) is 55.2 Å². The third-order valence-corrected chi connectivity index (χ3v) is 7.26. The van der Waals surface area contributed by atoms with Gasteiger partial charge in [0, 0.05) is 43.0 Å². The second-order valence-electron chi connectivity index (χ2n) is 8.35. The maximum Gasteiger partial charge on any atom is 0.236 e. The molecular formula is C23H25N5OS. The van der Waals surface area contributed by atoms with Gasteiger partial charge in [-0.25, -0.2) is 15.0 Å². The predicted octanol–water partition coefficient (Wildman–Crippen LogP) is 4.60. The van der Waals surface area contributed by atoms with Crippen LogP contribution >= 0.6 is 11.3 Å². The number of amidine groups is 1. The van der Waals surface area contributed by atoms with Crippen LogP contribution in [0.25, 0.3) is 10.4 Å². The topological polar surface area (TPSA) is 82.8 Å². The number of likely N-dealkylation sites (tertiary alicyclic amines) is 1. The van der Waals surface area contributed by atoms with Crippen LogP contribution in [-0.2, 0) is 10.2 Å². The van der Waals surface area contributed by atoms with E-state index in [1.807, 2.05) is 6.20 Å². The summed E-state index contributed by atoms with van der Waals surface area (Å²) < 4.78 is 0. The molecule has 1 amide bonds. The van der Waals surface area contributed by atoms with Gasteiger partial charge in [0.25, 0.3) is 0 Å². The van der Waals surface area contributed by atoms with E-state index in [-0.39, 0.29) is 5.91 Å². The van der Waals surface area contributed by atoms with Crippen LogP contribution < -0.4 is 0 Å². The van der Waals surface area contributed by atoms with Crippen molar-refractivity contribution < 1.29 is 4.79 Å². The fourth-order valence-electron chi connectivity index (χ4n) is 4.05. The van der Waals surface area contributed by atoms with E-state index in [1.54, 1.807) is 30.8 Å². The number of thiazole rings is 1. The summed E-state index contributed by atoms with van der Waals surface area (Å²) >= 11 is 1.54. The number of hydrogen-bond acceptors (Lipinski definition) is 6. The number of nitrogens with one attached hydrogen (secondary N) is 1. The van der Waals surface area contributed by atoms with Crippen LogP contribution in [0.15, 0.2) is 49.2 Å². The molecule has 2 atom stereocenters. The summed E-state index contributed by atoms with van der Waals surface area (Å²) in [5, 5.41) is 9.26. The molecular weight excluding hydrogens is 394 g/mol. The summed E-state index contributed by atoms with van der Waals surface area (Å²) in [4.78, 5) is 28.7. The Labute approximate surface area is 180 Å². The van der Waals surface area contributed by atoms with Crippen molar-refractivity contribution in [3.63, 3.8) is 0 Å². The fraction of sp³-hybridized carbons (Fsp3) is 0.348. The molecule has 0 spiro atoms. The number of carbonyl (C=O) groups is 1. The zero-order valence-electron chi connectivity index (χ0n) is 17.6. The van der Waals surface area contributed by atoms with E-state index in [0.717, 1.165) is 21.0 Å². The number of amides is 1. The number of carbonyl (C=O) groups excluding carboxylic acids is 1. The molecule has 0 saturated carbocycles. The summed E-state index contributed by atoms with van der Waals surface area (Å²) in [5.74, 6) is 0.282. The number of aromatic nitrogens is 3. The van der Waals surface area contributed by atoms with Crippen molar-refractivity contribution in [1.82, 2.24) is 19.9 Å². The van der Waals surface area contributed by atoms with Crippen molar-refractivity contribution in [2.45, 2.75) is 44.4 Å². The van der Waals surface area contributed by atoms with Crippen molar-refractivity contribution in [3.8, 4) is 10.4 Å². The summed E-state index contributed by atoms with van der Waals surface area (Å²) in [6, 6.07) is 8.31. The Morgan fingerprint density at radius 1 is 1.17 bits per heavy atom. The normalized spacial score (nSPS) is 22.0. The van der Waals surface area contributed by atoms with Crippen LogP contribution in [-0.4, -0.2) is 38.6 Å². The molecule has 1 aliphatic rings. The third kappa shape index (κ3) is 3.43. The molecule has 3 aromatic rings. The zero-order valence-corrected chi connectivity index (χ0v) is 18.4. The van der Waals surface area contributed by atoms with Crippen molar-refractivity contribution in [2.75, 3.05) is 7.05 Å². The van der Waals surface area contributed by atoms with Crippen LogP contribution in [0, 0.1) is 5.41 Å². The highest BCUT2D eigenvalue weighted by atomic mass is 32.1. The summed E-state index contributed by atoms with van der Waals surface area (Å²) in [5.41, 5.74) is 2.51. The molecule has 3 heterocycles. The second-order valence-corrected chi connectivity index (χ2v) is 9.38. The Morgan fingerprint density at radius 2 is 1.83 bits per heavy atom.